The molecule has 0 aliphatic rings. The number of aryl methyl sites for hydroxylation is 1. The minimum Gasteiger partial charge on any atom is -0.492 e. The normalized spacial score (nSPS) is 11.1. The average Bonchev–Trinajstić information content (AvgIpc) is 2.73. The highest BCUT2D eigenvalue weighted by Gasteiger charge is 2.17. The maximum absolute atomic E-state index is 13.1. The lowest BCUT2D eigenvalue weighted by atomic mass is 10.2. The molecule has 0 heterocycles. The van der Waals surface area contributed by atoms with Crippen LogP contribution in [0.5, 0.6) is 5.75 Å². The summed E-state index contributed by atoms with van der Waals surface area (Å²) in [6, 6.07) is 16.1. The van der Waals surface area contributed by atoms with Gasteiger partial charge < -0.3 is 10.1 Å². The Morgan fingerprint density at radius 2 is 1.81 bits per heavy atom. The molecule has 0 fully saturated rings. The minimum atomic E-state index is -4.00. The molecule has 0 spiro atoms. The Hall–Kier alpha value is -3.10. The number of nitrogens with one attached hydrogen (secondary N) is 2. The van der Waals surface area contributed by atoms with E-state index >= 15 is 0 Å². The van der Waals surface area contributed by atoms with Crippen LogP contribution in [-0.2, 0) is 10.0 Å². The lowest BCUT2D eigenvalue weighted by Gasteiger charge is -2.12. The molecule has 2 N–H and O–H groups in total. The second-order valence-corrected chi connectivity index (χ2v) is 8.76. The SMILES string of the molecule is Cc1cccc(OCCNC(=O)c2ccc(Cl)c(NS(=O)(=O)c3ccc(F)cc3)c2)c1. The first-order chi connectivity index (χ1) is 14.7. The number of anilines is 1. The van der Waals surface area contributed by atoms with Crippen LogP contribution in [0.2, 0.25) is 5.02 Å². The van der Waals surface area contributed by atoms with Crippen molar-refractivity contribution < 1.29 is 22.3 Å². The molecule has 9 heteroatoms. The number of sulfonamides is 1. The average molecular weight is 463 g/mol. The summed E-state index contributed by atoms with van der Waals surface area (Å²) in [7, 11) is -4.00. The van der Waals surface area contributed by atoms with Gasteiger partial charge in [-0.1, -0.05) is 23.7 Å². The highest BCUT2D eigenvalue weighted by Crippen LogP contribution is 2.26. The number of hydrogen-bond donors (Lipinski definition) is 2. The summed E-state index contributed by atoms with van der Waals surface area (Å²) in [6.07, 6.45) is 0. The van der Waals surface area contributed by atoms with Gasteiger partial charge in [0.2, 0.25) is 0 Å². The van der Waals surface area contributed by atoms with Gasteiger partial charge in [0.15, 0.2) is 0 Å². The number of benzene rings is 3. The molecule has 0 radical (unpaired) electrons. The summed E-state index contributed by atoms with van der Waals surface area (Å²) in [5.41, 5.74) is 1.32. The van der Waals surface area contributed by atoms with Gasteiger partial charge in [0.05, 0.1) is 22.2 Å². The number of carbonyl (C=O) groups excluding carboxylic acids is 1. The van der Waals surface area contributed by atoms with Crippen molar-refractivity contribution >= 4 is 33.2 Å². The van der Waals surface area contributed by atoms with Crippen molar-refractivity contribution in [1.82, 2.24) is 5.32 Å². The first-order valence-corrected chi connectivity index (χ1v) is 11.2. The molecule has 1 amide bonds. The highest BCUT2D eigenvalue weighted by molar-refractivity contribution is 7.92. The van der Waals surface area contributed by atoms with Crippen molar-refractivity contribution in [1.29, 1.82) is 0 Å². The van der Waals surface area contributed by atoms with Crippen LogP contribution >= 0.6 is 11.6 Å². The highest BCUT2D eigenvalue weighted by atomic mass is 35.5. The molecule has 0 saturated heterocycles. The number of amides is 1. The Kier molecular flexibility index (Phi) is 7.14. The molecule has 3 aromatic rings. The van der Waals surface area contributed by atoms with E-state index in [1.807, 2.05) is 31.2 Å². The quantitative estimate of drug-likeness (QED) is 0.486. The van der Waals surface area contributed by atoms with Crippen molar-refractivity contribution in [3.63, 3.8) is 0 Å². The van der Waals surface area contributed by atoms with Gasteiger partial charge in [0.25, 0.3) is 15.9 Å². The van der Waals surface area contributed by atoms with E-state index in [9.17, 15) is 17.6 Å². The fraction of sp³-hybridized carbons (Fsp3) is 0.136. The molecular weight excluding hydrogens is 443 g/mol. The Labute approximate surface area is 185 Å². The van der Waals surface area contributed by atoms with Crippen LogP contribution < -0.4 is 14.8 Å². The predicted molar refractivity (Wildman–Crippen MR) is 118 cm³/mol. The number of hydrogen-bond acceptors (Lipinski definition) is 4. The molecule has 0 aliphatic heterocycles. The van der Waals surface area contributed by atoms with Crippen LogP contribution in [-0.4, -0.2) is 27.5 Å². The van der Waals surface area contributed by atoms with Gasteiger partial charge in [-0.25, -0.2) is 12.8 Å². The molecule has 0 atom stereocenters. The summed E-state index contributed by atoms with van der Waals surface area (Å²) in [5.74, 6) is -0.257. The first-order valence-electron chi connectivity index (χ1n) is 9.30. The Balaban J connectivity index is 1.63. The van der Waals surface area contributed by atoms with E-state index in [2.05, 4.69) is 10.0 Å². The molecule has 162 valence electrons. The second kappa shape index (κ2) is 9.80. The van der Waals surface area contributed by atoms with Crippen molar-refractivity contribution in [3.05, 3.63) is 88.7 Å². The molecule has 31 heavy (non-hydrogen) atoms. The number of halogens is 2. The lowest BCUT2D eigenvalue weighted by Crippen LogP contribution is -2.28. The smallest absolute Gasteiger partial charge is 0.261 e. The van der Waals surface area contributed by atoms with Gasteiger partial charge in [-0.05, 0) is 67.1 Å². The maximum atomic E-state index is 13.1. The van der Waals surface area contributed by atoms with Crippen molar-refractivity contribution in [2.24, 2.45) is 0 Å². The van der Waals surface area contributed by atoms with Gasteiger partial charge in [-0.3, -0.25) is 9.52 Å². The van der Waals surface area contributed by atoms with Gasteiger partial charge in [0, 0.05) is 5.56 Å². The topological polar surface area (TPSA) is 84.5 Å². The summed E-state index contributed by atoms with van der Waals surface area (Å²) in [6.45, 7) is 2.48. The van der Waals surface area contributed by atoms with Gasteiger partial charge >= 0.3 is 0 Å². The van der Waals surface area contributed by atoms with E-state index in [4.69, 9.17) is 16.3 Å². The fourth-order valence-corrected chi connectivity index (χ4v) is 3.99. The monoisotopic (exact) mass is 462 g/mol. The third-order valence-electron chi connectivity index (χ3n) is 4.24. The van der Waals surface area contributed by atoms with E-state index in [0.29, 0.717) is 5.75 Å². The summed E-state index contributed by atoms with van der Waals surface area (Å²) in [5, 5.41) is 2.82. The largest absolute Gasteiger partial charge is 0.492 e. The summed E-state index contributed by atoms with van der Waals surface area (Å²) >= 11 is 6.09. The number of carbonyl (C=O) groups is 1. The van der Waals surface area contributed by atoms with Gasteiger partial charge in [0.1, 0.15) is 18.2 Å². The Bertz CT molecular complexity index is 1180. The molecule has 0 unspecified atom stereocenters. The lowest BCUT2D eigenvalue weighted by molar-refractivity contribution is 0.0947. The zero-order chi connectivity index (χ0) is 22.4. The minimum absolute atomic E-state index is 0.0367. The van der Waals surface area contributed by atoms with Crippen LogP contribution in [0.3, 0.4) is 0 Å². The van der Waals surface area contributed by atoms with Crippen LogP contribution in [0.1, 0.15) is 15.9 Å². The molecular formula is C22H20ClFN2O4S. The van der Waals surface area contributed by atoms with E-state index in [-0.39, 0.29) is 34.3 Å². The molecule has 0 bridgehead atoms. The molecule has 0 aromatic heterocycles. The molecule has 3 rings (SSSR count). The first kappa shape index (κ1) is 22.6. The summed E-state index contributed by atoms with van der Waals surface area (Å²) in [4.78, 5) is 12.3. The zero-order valence-corrected chi connectivity index (χ0v) is 18.1. The Morgan fingerprint density at radius 1 is 1.06 bits per heavy atom. The van der Waals surface area contributed by atoms with E-state index in [1.165, 1.54) is 18.2 Å². The maximum Gasteiger partial charge on any atom is 0.261 e. The molecule has 0 aliphatic carbocycles. The third-order valence-corrected chi connectivity index (χ3v) is 5.95. The second-order valence-electron chi connectivity index (χ2n) is 6.67. The zero-order valence-electron chi connectivity index (χ0n) is 16.6. The van der Waals surface area contributed by atoms with Crippen LogP contribution in [0.15, 0.2) is 71.6 Å². The third kappa shape index (κ3) is 6.19. The van der Waals surface area contributed by atoms with Crippen LogP contribution in [0.25, 0.3) is 0 Å². The summed E-state index contributed by atoms with van der Waals surface area (Å²) < 4.78 is 46.0. The van der Waals surface area contributed by atoms with Gasteiger partial charge in [-0.2, -0.15) is 0 Å². The van der Waals surface area contributed by atoms with E-state index in [0.717, 1.165) is 29.8 Å². The van der Waals surface area contributed by atoms with Gasteiger partial charge in [-0.15, -0.1) is 0 Å². The number of ether oxygens (including phenoxy) is 1. The van der Waals surface area contributed by atoms with Crippen molar-refractivity contribution in [2.75, 3.05) is 17.9 Å². The molecule has 3 aromatic carbocycles. The molecule has 0 saturated carbocycles. The van der Waals surface area contributed by atoms with Crippen molar-refractivity contribution in [3.8, 4) is 5.75 Å². The Morgan fingerprint density at radius 3 is 2.52 bits per heavy atom. The molecule has 6 nitrogen and oxygen atoms in total. The fourth-order valence-electron chi connectivity index (χ4n) is 2.70. The van der Waals surface area contributed by atoms with E-state index in [1.54, 1.807) is 0 Å². The number of rotatable bonds is 8. The van der Waals surface area contributed by atoms with Crippen LogP contribution in [0, 0.1) is 12.7 Å². The van der Waals surface area contributed by atoms with E-state index < -0.39 is 21.7 Å². The standard InChI is InChI=1S/C22H20ClFN2O4S/c1-15-3-2-4-18(13-15)30-12-11-25-22(27)16-5-10-20(23)21(14-16)26-31(28,29)19-8-6-17(24)7-9-19/h2-10,13-14,26H,11-12H2,1H3,(H,25,27). The predicted octanol–water partition coefficient (Wildman–Crippen LogP) is 4.40. The van der Waals surface area contributed by atoms with Crippen molar-refractivity contribution in [2.45, 2.75) is 11.8 Å². The van der Waals surface area contributed by atoms with Crippen LogP contribution in [0.4, 0.5) is 10.1 Å².